The summed E-state index contributed by atoms with van der Waals surface area (Å²) in [7, 11) is 0. The van der Waals surface area contributed by atoms with Crippen LogP contribution in [-0.2, 0) is 11.3 Å². The summed E-state index contributed by atoms with van der Waals surface area (Å²) < 4.78 is 1.96. The number of carbonyl (C=O) groups excluding carboxylic acids is 1. The van der Waals surface area contributed by atoms with Crippen LogP contribution in [0, 0.1) is 5.41 Å². The fourth-order valence-electron chi connectivity index (χ4n) is 3.86. The molecule has 1 aliphatic rings. The Morgan fingerprint density at radius 1 is 1.33 bits per heavy atom. The molecule has 3 rings (SSSR count). The molecule has 0 unspecified atom stereocenters. The number of fused-ring (bicyclic) bond motifs is 1. The van der Waals surface area contributed by atoms with E-state index >= 15 is 0 Å². The number of hydrogen-bond donors (Lipinski definition) is 2. The summed E-state index contributed by atoms with van der Waals surface area (Å²) in [6.45, 7) is 3.22. The highest BCUT2D eigenvalue weighted by Crippen LogP contribution is 2.34. The molecule has 5 nitrogen and oxygen atoms in total. The van der Waals surface area contributed by atoms with Gasteiger partial charge in [-0.2, -0.15) is 0 Å². The third-order valence-electron chi connectivity index (χ3n) is 5.29. The number of piperidine rings is 1. The smallest absolute Gasteiger partial charge is 0.242 e. The second kappa shape index (κ2) is 6.95. The minimum atomic E-state index is -0.582. The Morgan fingerprint density at radius 3 is 2.88 bits per heavy atom. The second-order valence-electron chi connectivity index (χ2n) is 6.89. The molecule has 1 saturated heterocycles. The van der Waals surface area contributed by atoms with E-state index in [0.29, 0.717) is 19.5 Å². The Bertz CT molecular complexity index is 711. The molecule has 2 heterocycles. The number of hydrogen-bond acceptors (Lipinski definition) is 3. The van der Waals surface area contributed by atoms with Gasteiger partial charge in [-0.15, -0.1) is 0 Å². The molecule has 0 spiro atoms. The van der Waals surface area contributed by atoms with Crippen molar-refractivity contribution in [2.45, 2.75) is 38.8 Å². The van der Waals surface area contributed by atoms with Crippen LogP contribution >= 0.6 is 0 Å². The molecule has 0 aliphatic carbocycles. The third kappa shape index (κ3) is 3.06. The van der Waals surface area contributed by atoms with Crippen LogP contribution in [0.15, 0.2) is 36.5 Å². The zero-order valence-electron chi connectivity index (χ0n) is 14.2. The van der Waals surface area contributed by atoms with Gasteiger partial charge < -0.3 is 19.7 Å². The number of carbonyl (C=O) groups is 1. The molecule has 24 heavy (non-hydrogen) atoms. The lowest BCUT2D eigenvalue weighted by molar-refractivity contribution is -0.143. The van der Waals surface area contributed by atoms with Crippen LogP contribution in [0.25, 0.3) is 10.9 Å². The van der Waals surface area contributed by atoms with Crippen molar-refractivity contribution in [1.29, 1.82) is 0 Å². The molecular formula is C19H26N2O3. The van der Waals surface area contributed by atoms with Crippen molar-refractivity contribution < 1.29 is 15.0 Å². The van der Waals surface area contributed by atoms with E-state index in [4.69, 9.17) is 0 Å². The molecule has 1 fully saturated rings. The van der Waals surface area contributed by atoms with E-state index in [9.17, 15) is 15.0 Å². The average molecular weight is 330 g/mol. The van der Waals surface area contributed by atoms with E-state index in [0.717, 1.165) is 23.7 Å². The highest BCUT2D eigenvalue weighted by Gasteiger charge is 2.42. The third-order valence-corrected chi connectivity index (χ3v) is 5.29. The number of benzene rings is 1. The molecule has 2 N–H and O–H groups in total. The summed E-state index contributed by atoms with van der Waals surface area (Å²) in [4.78, 5) is 14.6. The topological polar surface area (TPSA) is 65.7 Å². The lowest BCUT2D eigenvalue weighted by Gasteiger charge is -2.45. The van der Waals surface area contributed by atoms with Crippen LogP contribution in [0.3, 0.4) is 0 Å². The van der Waals surface area contributed by atoms with Crippen molar-refractivity contribution in [2.75, 3.05) is 19.7 Å². The molecule has 1 amide bonds. The molecule has 5 heteroatoms. The second-order valence-corrected chi connectivity index (χ2v) is 6.89. The van der Waals surface area contributed by atoms with Crippen molar-refractivity contribution in [3.05, 3.63) is 36.5 Å². The molecule has 0 radical (unpaired) electrons. The summed E-state index contributed by atoms with van der Waals surface area (Å²) in [6, 6.07) is 10.0. The maximum Gasteiger partial charge on any atom is 0.242 e. The molecule has 0 bridgehead atoms. The largest absolute Gasteiger partial charge is 0.396 e. The van der Waals surface area contributed by atoms with Crippen molar-refractivity contribution in [3.8, 4) is 0 Å². The zero-order valence-corrected chi connectivity index (χ0v) is 14.2. The molecule has 2 aromatic rings. The number of nitrogens with zero attached hydrogens (tertiary/aromatic N) is 2. The quantitative estimate of drug-likeness (QED) is 0.881. The van der Waals surface area contributed by atoms with E-state index in [1.807, 2.05) is 48.0 Å². The fourth-order valence-corrected chi connectivity index (χ4v) is 3.86. The van der Waals surface area contributed by atoms with Crippen molar-refractivity contribution in [1.82, 2.24) is 9.47 Å². The van der Waals surface area contributed by atoms with Gasteiger partial charge in [0.15, 0.2) is 0 Å². The van der Waals surface area contributed by atoms with Crippen LogP contribution in [0.2, 0.25) is 0 Å². The summed E-state index contributed by atoms with van der Waals surface area (Å²) >= 11 is 0. The molecule has 1 aromatic carbocycles. The number of amides is 1. The number of likely N-dealkylation sites (tertiary alicyclic amines) is 1. The van der Waals surface area contributed by atoms with Gasteiger partial charge in [0.25, 0.3) is 0 Å². The molecule has 2 atom stereocenters. The summed E-state index contributed by atoms with van der Waals surface area (Å²) in [5.74, 6) is 0.0391. The number of aromatic nitrogens is 1. The van der Waals surface area contributed by atoms with Crippen LogP contribution in [0.1, 0.15) is 26.2 Å². The maximum atomic E-state index is 12.8. The van der Waals surface area contributed by atoms with Gasteiger partial charge in [0, 0.05) is 30.2 Å². The van der Waals surface area contributed by atoms with Gasteiger partial charge in [-0.1, -0.05) is 31.5 Å². The van der Waals surface area contributed by atoms with Crippen LogP contribution in [0.4, 0.5) is 0 Å². The average Bonchev–Trinajstić information content (AvgIpc) is 3.00. The zero-order chi connectivity index (χ0) is 17.2. The maximum absolute atomic E-state index is 12.8. The molecule has 0 saturated carbocycles. The highest BCUT2D eigenvalue weighted by molar-refractivity contribution is 5.83. The van der Waals surface area contributed by atoms with Gasteiger partial charge >= 0.3 is 0 Å². The van der Waals surface area contributed by atoms with E-state index in [1.54, 1.807) is 4.90 Å². The van der Waals surface area contributed by atoms with Crippen molar-refractivity contribution in [2.24, 2.45) is 5.41 Å². The van der Waals surface area contributed by atoms with E-state index in [2.05, 4.69) is 0 Å². The first-order chi connectivity index (χ1) is 11.6. The summed E-state index contributed by atoms with van der Waals surface area (Å²) in [5.41, 5.74) is 0.464. The summed E-state index contributed by atoms with van der Waals surface area (Å²) in [6.07, 6.45) is 3.52. The minimum absolute atomic E-state index is 0.0391. The number of para-hydroxylation sites is 1. The van der Waals surface area contributed by atoms with Crippen LogP contribution in [0.5, 0.6) is 0 Å². The lowest BCUT2D eigenvalue weighted by Crippen LogP contribution is -2.55. The van der Waals surface area contributed by atoms with Gasteiger partial charge in [0.1, 0.15) is 6.54 Å². The van der Waals surface area contributed by atoms with Crippen molar-refractivity contribution >= 4 is 16.8 Å². The van der Waals surface area contributed by atoms with Crippen LogP contribution < -0.4 is 0 Å². The normalized spacial score (nSPS) is 24.5. The molecular weight excluding hydrogens is 304 g/mol. The first-order valence-electron chi connectivity index (χ1n) is 8.70. The number of aliphatic hydroxyl groups is 2. The number of rotatable bonds is 5. The SMILES string of the molecule is CCC[C@@]1(CO)CN(C(=O)Cn2ccc3ccccc32)CC[C@H]1O. The van der Waals surface area contributed by atoms with E-state index in [-0.39, 0.29) is 19.1 Å². The molecule has 1 aromatic heterocycles. The first-order valence-corrected chi connectivity index (χ1v) is 8.70. The number of aliphatic hydroxyl groups excluding tert-OH is 2. The van der Waals surface area contributed by atoms with Gasteiger partial charge in [0.2, 0.25) is 5.91 Å². The van der Waals surface area contributed by atoms with Gasteiger partial charge in [-0.25, -0.2) is 0 Å². The van der Waals surface area contributed by atoms with Gasteiger partial charge in [-0.3, -0.25) is 4.79 Å². The Balaban J connectivity index is 1.75. The van der Waals surface area contributed by atoms with Gasteiger partial charge in [-0.05, 0) is 30.4 Å². The monoisotopic (exact) mass is 330 g/mol. The van der Waals surface area contributed by atoms with E-state index < -0.39 is 11.5 Å². The Kier molecular flexibility index (Phi) is 4.92. The van der Waals surface area contributed by atoms with Crippen molar-refractivity contribution in [3.63, 3.8) is 0 Å². The predicted octanol–water partition coefficient (Wildman–Crippen LogP) is 2.01. The minimum Gasteiger partial charge on any atom is -0.396 e. The summed E-state index contributed by atoms with van der Waals surface area (Å²) in [5, 5.41) is 21.3. The highest BCUT2D eigenvalue weighted by atomic mass is 16.3. The first kappa shape index (κ1) is 17.0. The fraction of sp³-hybridized carbons (Fsp3) is 0.526. The Hall–Kier alpha value is -1.85. The molecule has 1 aliphatic heterocycles. The standard InChI is InChI=1S/C19H26N2O3/c1-2-9-19(14-22)13-21(11-8-17(19)23)18(24)12-20-10-7-15-5-3-4-6-16(15)20/h3-7,10,17,22-23H,2,8-9,11-14H2,1H3/t17-,19+/m1/s1. The van der Waals surface area contributed by atoms with Crippen LogP contribution in [-0.4, -0.2) is 51.4 Å². The lowest BCUT2D eigenvalue weighted by atomic mass is 9.74. The predicted molar refractivity (Wildman–Crippen MR) is 93.6 cm³/mol. The Labute approximate surface area is 142 Å². The van der Waals surface area contributed by atoms with Gasteiger partial charge in [0.05, 0.1) is 12.7 Å². The van der Waals surface area contributed by atoms with E-state index in [1.165, 1.54) is 0 Å². The molecule has 130 valence electrons. The Morgan fingerprint density at radius 2 is 2.12 bits per heavy atom.